The zero-order valence-corrected chi connectivity index (χ0v) is 63.0. The molecule has 6 heterocycles. The van der Waals surface area contributed by atoms with Crippen LogP contribution in [0.5, 0.6) is 11.8 Å². The highest BCUT2D eigenvalue weighted by atomic mass is 35.5. The van der Waals surface area contributed by atoms with Crippen molar-refractivity contribution in [3.8, 4) is 23.4 Å². The van der Waals surface area contributed by atoms with E-state index in [1.165, 1.54) is 94.8 Å². The van der Waals surface area contributed by atoms with Crippen molar-refractivity contribution in [1.29, 1.82) is 0 Å². The van der Waals surface area contributed by atoms with Gasteiger partial charge in [0.25, 0.3) is 31.9 Å². The molecular weight excluding hydrogens is 1390 g/mol. The van der Waals surface area contributed by atoms with Gasteiger partial charge in [0.2, 0.25) is 11.8 Å². The maximum Gasteiger partial charge on any atom is 0.394 e. The van der Waals surface area contributed by atoms with E-state index in [0.717, 1.165) is 19.6 Å². The van der Waals surface area contributed by atoms with Gasteiger partial charge in [-0.25, -0.2) is 45.6 Å². The number of alkyl halides is 6. The Morgan fingerprint density at radius 1 is 0.596 bits per heavy atom. The number of halogens is 7. The first kappa shape index (κ1) is 78.3. The van der Waals surface area contributed by atoms with Crippen molar-refractivity contribution in [2.75, 3.05) is 44.4 Å². The molecule has 0 radical (unpaired) electrons. The highest BCUT2D eigenvalue weighted by Crippen LogP contribution is 2.61. The number of rotatable bonds is 23. The molecule has 2 unspecified atom stereocenters. The van der Waals surface area contributed by atoms with Gasteiger partial charge in [-0.15, -0.1) is 10.2 Å². The van der Waals surface area contributed by atoms with Crippen LogP contribution in [-0.4, -0.2) is 138 Å². The van der Waals surface area contributed by atoms with Crippen molar-refractivity contribution >= 4 is 65.9 Å². The van der Waals surface area contributed by atoms with Gasteiger partial charge in [-0.1, -0.05) is 89.5 Å². The lowest BCUT2D eigenvalue weighted by Gasteiger charge is -2.37. The molecule has 4 aromatic heterocycles. The van der Waals surface area contributed by atoms with E-state index in [1.54, 1.807) is 30.5 Å². The maximum absolute atomic E-state index is 13.7. The maximum atomic E-state index is 13.7. The standard InChI is InChI=1S/C34H46F3N5O5SSi.C21H18ClF3N4O4S.C13H29NOSi/c1-31(2,3)49(6,7)47-23-24-21-32(4,5)41(22-24)29-26(30(43)40-48(44,45)25-11-9-8-10-12-25)13-14-27(38-29)42-19-15-28(39-42)46-20-18-33(16-17-33)34(35,36)37;22-18-15(19(30)28-34(31,32)14-4-2-1-3-5-14)6-7-16(26-18)29-12-8-17(27-29)33-13-11-20(9-10-20)21(23,24)25;1-12(2,3)16(6,7)15-10-11-8-13(4,5)14-9-11/h8-15,19,24H,16-18,20-23H2,1-7H3,(H,40,43);1-8,12H,9-11,13H2,(H,28,30);11,14H,8-10H2,1-7H3. The average Bonchev–Trinajstić information content (AvgIpc) is 1.83. The molecule has 544 valence electrons. The highest BCUT2D eigenvalue weighted by molar-refractivity contribution is 7.90. The van der Waals surface area contributed by atoms with Crippen LogP contribution in [0.1, 0.15) is 141 Å². The van der Waals surface area contributed by atoms with E-state index < -0.39 is 77.2 Å². The average molecular weight is 1480 g/mol. The number of hydrogen-bond acceptors (Lipinski definition) is 16. The molecule has 3 N–H and O–H groups in total. The number of carbonyl (C=O) groups is 2. The molecular formula is C68H93ClF6N10O10S2Si2. The second kappa shape index (κ2) is 29.5. The van der Waals surface area contributed by atoms with E-state index in [2.05, 4.69) is 107 Å². The molecule has 2 aliphatic carbocycles. The van der Waals surface area contributed by atoms with Crippen LogP contribution in [0.15, 0.2) is 119 Å². The van der Waals surface area contributed by atoms with Crippen LogP contribution in [0, 0.1) is 22.7 Å². The molecule has 6 aromatic rings. The fourth-order valence-electron chi connectivity index (χ4n) is 11.1. The van der Waals surface area contributed by atoms with Gasteiger partial charge in [-0.2, -0.15) is 26.3 Å². The Kier molecular flexibility index (Phi) is 23.3. The van der Waals surface area contributed by atoms with Crippen LogP contribution in [-0.2, 0) is 28.9 Å². The zero-order valence-electron chi connectivity index (χ0n) is 58.6. The van der Waals surface area contributed by atoms with Crippen LogP contribution >= 0.6 is 11.6 Å². The Morgan fingerprint density at radius 2 is 1.01 bits per heavy atom. The summed E-state index contributed by atoms with van der Waals surface area (Å²) >= 11 is 6.09. The fraction of sp³-hybridized carbons (Fsp3) is 0.559. The van der Waals surface area contributed by atoms with E-state index in [-0.39, 0.29) is 112 Å². The van der Waals surface area contributed by atoms with Crippen molar-refractivity contribution in [2.45, 2.75) is 190 Å². The van der Waals surface area contributed by atoms with Gasteiger partial charge in [-0.05, 0) is 170 Å². The first-order valence-corrected chi connectivity index (χ1v) is 42.1. The summed E-state index contributed by atoms with van der Waals surface area (Å²) in [6.07, 6.45) is -3.38. The normalized spacial score (nSPS) is 18.9. The van der Waals surface area contributed by atoms with E-state index in [1.807, 2.05) is 23.5 Å². The minimum atomic E-state index is -4.26. The minimum Gasteiger partial charge on any atom is -0.477 e. The Morgan fingerprint density at radius 3 is 1.40 bits per heavy atom. The summed E-state index contributed by atoms with van der Waals surface area (Å²) in [5, 5.41) is 12.1. The largest absolute Gasteiger partial charge is 0.477 e. The molecule has 99 heavy (non-hydrogen) atoms. The molecule has 2 saturated carbocycles. The van der Waals surface area contributed by atoms with Crippen LogP contribution < -0.4 is 29.1 Å². The van der Waals surface area contributed by atoms with Crippen LogP contribution in [0.4, 0.5) is 32.2 Å². The summed E-state index contributed by atoms with van der Waals surface area (Å²) in [7, 11) is -11.8. The first-order valence-electron chi connectivity index (χ1n) is 32.9. The second-order valence-corrected chi connectivity index (χ2v) is 43.8. The molecule has 4 aliphatic rings. The topological polar surface area (TPSA) is 240 Å². The number of aromatic nitrogens is 6. The van der Waals surface area contributed by atoms with E-state index in [0.29, 0.717) is 35.5 Å². The minimum absolute atomic E-state index is 0.0379. The SMILES string of the molecule is CC1(C)CC(CO[Si](C)(C)C(C)(C)C)CN1.CC1(C)CC(CO[Si](C)(C)C(C)(C)C)CN1c1nc(-n2ccc(OCCC3(C(F)(F)F)CC3)n2)ccc1C(=O)NS(=O)(=O)c1ccccc1.O=C(NS(=O)(=O)c1ccccc1)c1ccc(-n2ccc(OCCC3(C(F)(F)F)CC3)n2)nc1Cl. The Hall–Kier alpha value is -6.42. The summed E-state index contributed by atoms with van der Waals surface area (Å²) in [6, 6.07) is 23.7. The van der Waals surface area contributed by atoms with Gasteiger partial charge >= 0.3 is 12.4 Å². The first-order chi connectivity index (χ1) is 45.7. The molecule has 20 nitrogen and oxygen atoms in total. The number of pyridine rings is 2. The molecule has 2 amide bonds. The number of sulfonamides is 2. The number of nitrogens with zero attached hydrogens (tertiary/aromatic N) is 7. The molecule has 2 atom stereocenters. The van der Waals surface area contributed by atoms with Crippen molar-refractivity contribution < 1.29 is 71.1 Å². The number of nitrogens with one attached hydrogen (secondary N) is 3. The van der Waals surface area contributed by atoms with Gasteiger partial charge < -0.3 is 28.5 Å². The predicted molar refractivity (Wildman–Crippen MR) is 372 cm³/mol. The van der Waals surface area contributed by atoms with Gasteiger partial charge in [0.1, 0.15) is 11.0 Å². The van der Waals surface area contributed by atoms with Gasteiger partial charge in [-0.3, -0.25) is 9.59 Å². The Labute approximate surface area is 584 Å². The fourth-order valence-corrected chi connectivity index (χ4v) is 15.5. The summed E-state index contributed by atoms with van der Waals surface area (Å²) < 4.78 is 160. The number of ether oxygens (including phenoxy) is 2. The number of carbonyl (C=O) groups excluding carboxylic acids is 2. The predicted octanol–water partition coefficient (Wildman–Crippen LogP) is 14.7. The summed E-state index contributed by atoms with van der Waals surface area (Å²) in [6.45, 7) is 34.0. The molecule has 4 fully saturated rings. The third-order valence-corrected chi connectivity index (χ3v) is 31.8. The third-order valence-electron chi connectivity index (χ3n) is 19.8. The molecule has 31 heteroatoms. The molecule has 2 aromatic carbocycles. The molecule has 0 spiro atoms. The molecule has 2 aliphatic heterocycles. The lowest BCUT2D eigenvalue weighted by Crippen LogP contribution is -2.42. The van der Waals surface area contributed by atoms with Crippen LogP contribution in [0.2, 0.25) is 41.4 Å². The number of benzene rings is 2. The zero-order chi connectivity index (χ0) is 73.2. The number of anilines is 1. The van der Waals surface area contributed by atoms with E-state index >= 15 is 0 Å². The number of hydrogen-bond donors (Lipinski definition) is 3. The lowest BCUT2D eigenvalue weighted by molar-refractivity contribution is -0.190. The Bertz CT molecular complexity index is 4030. The van der Waals surface area contributed by atoms with E-state index in [9.17, 15) is 52.8 Å². The molecule has 10 rings (SSSR count). The Balaban J connectivity index is 0.000000215. The van der Waals surface area contributed by atoms with Gasteiger partial charge in [0.15, 0.2) is 28.3 Å². The highest BCUT2D eigenvalue weighted by Gasteiger charge is 2.63. The van der Waals surface area contributed by atoms with Crippen molar-refractivity contribution in [1.82, 2.24) is 44.3 Å². The number of amides is 2. The summed E-state index contributed by atoms with van der Waals surface area (Å²) in [5.41, 5.74) is -3.61. The van der Waals surface area contributed by atoms with Crippen molar-refractivity contribution in [3.63, 3.8) is 0 Å². The monoisotopic (exact) mass is 1480 g/mol. The smallest absolute Gasteiger partial charge is 0.394 e. The van der Waals surface area contributed by atoms with Gasteiger partial charge in [0.05, 0.1) is 45.0 Å². The van der Waals surface area contributed by atoms with Crippen molar-refractivity contribution in [2.24, 2.45) is 22.7 Å². The quantitative estimate of drug-likeness (QED) is 0.0307. The molecule has 2 saturated heterocycles. The van der Waals surface area contributed by atoms with Crippen LogP contribution in [0.3, 0.4) is 0 Å². The molecule has 0 bridgehead atoms. The summed E-state index contributed by atoms with van der Waals surface area (Å²) in [4.78, 5) is 36.9. The lowest BCUT2D eigenvalue weighted by atomic mass is 9.97. The summed E-state index contributed by atoms with van der Waals surface area (Å²) in [5.74, 6) is 0.0482. The van der Waals surface area contributed by atoms with Crippen LogP contribution in [0.25, 0.3) is 11.6 Å². The second-order valence-electron chi connectivity index (χ2n) is 30.5. The van der Waals surface area contributed by atoms with Gasteiger partial charge in [0, 0.05) is 67.8 Å². The van der Waals surface area contributed by atoms with Crippen molar-refractivity contribution in [3.05, 3.63) is 126 Å². The third kappa shape index (κ3) is 19.6. The van der Waals surface area contributed by atoms with E-state index in [4.69, 9.17) is 34.9 Å².